The van der Waals surface area contributed by atoms with Gasteiger partial charge in [-0.15, -0.1) is 10.2 Å². The van der Waals surface area contributed by atoms with Crippen molar-refractivity contribution in [3.8, 4) is 0 Å². The Balaban J connectivity index is 1.19. The van der Waals surface area contributed by atoms with Crippen molar-refractivity contribution >= 4 is 34.5 Å². The van der Waals surface area contributed by atoms with Crippen LogP contribution in [-0.4, -0.2) is 59.7 Å². The average molecular weight is 438 g/mol. The van der Waals surface area contributed by atoms with E-state index in [1.165, 1.54) is 5.69 Å². The van der Waals surface area contributed by atoms with Gasteiger partial charge in [-0.25, -0.2) is 0 Å². The SMILES string of the molecule is O=C(Nc1ccccc1)c1nnc(COCC(=O)N2CCN(c3ccccc3)CC2)s1. The van der Waals surface area contributed by atoms with Gasteiger partial charge in [-0.3, -0.25) is 9.59 Å². The Morgan fingerprint density at radius 3 is 2.32 bits per heavy atom. The monoisotopic (exact) mass is 437 g/mol. The zero-order valence-corrected chi connectivity index (χ0v) is 17.8. The van der Waals surface area contributed by atoms with Gasteiger partial charge in [0.25, 0.3) is 5.91 Å². The molecule has 1 aromatic heterocycles. The van der Waals surface area contributed by atoms with Crippen LogP contribution in [-0.2, 0) is 16.1 Å². The van der Waals surface area contributed by atoms with Gasteiger partial charge < -0.3 is 19.9 Å². The lowest BCUT2D eigenvalue weighted by molar-refractivity contribution is -0.136. The maximum Gasteiger partial charge on any atom is 0.286 e. The fourth-order valence-corrected chi connectivity index (χ4v) is 3.95. The third kappa shape index (κ3) is 5.65. The number of nitrogens with zero attached hydrogens (tertiary/aromatic N) is 4. The number of rotatable bonds is 7. The van der Waals surface area contributed by atoms with Crippen LogP contribution in [0, 0.1) is 0 Å². The second-order valence-corrected chi connectivity index (χ2v) is 8.08. The number of carbonyl (C=O) groups excluding carboxylic acids is 2. The van der Waals surface area contributed by atoms with Gasteiger partial charge in [-0.1, -0.05) is 47.7 Å². The van der Waals surface area contributed by atoms with Crippen molar-refractivity contribution in [3.63, 3.8) is 0 Å². The van der Waals surface area contributed by atoms with E-state index in [4.69, 9.17) is 4.74 Å². The maximum absolute atomic E-state index is 12.4. The number of amides is 2. The molecule has 3 aromatic rings. The number of anilines is 2. The van der Waals surface area contributed by atoms with Crippen LogP contribution in [0.25, 0.3) is 0 Å². The van der Waals surface area contributed by atoms with E-state index in [2.05, 4.69) is 32.5 Å². The Kier molecular flexibility index (Phi) is 6.85. The molecule has 0 aliphatic carbocycles. The Bertz CT molecular complexity index is 1000. The molecule has 1 N–H and O–H groups in total. The number of ether oxygens (including phenoxy) is 1. The van der Waals surface area contributed by atoms with Crippen LogP contribution in [0.15, 0.2) is 60.7 Å². The quantitative estimate of drug-likeness (QED) is 0.612. The Hall–Kier alpha value is -3.30. The summed E-state index contributed by atoms with van der Waals surface area (Å²) in [5, 5.41) is 11.5. The zero-order chi connectivity index (χ0) is 21.5. The molecule has 2 heterocycles. The van der Waals surface area contributed by atoms with Crippen LogP contribution in [0.3, 0.4) is 0 Å². The summed E-state index contributed by atoms with van der Waals surface area (Å²) in [4.78, 5) is 28.8. The fourth-order valence-electron chi connectivity index (χ4n) is 3.28. The first-order valence-corrected chi connectivity index (χ1v) is 10.8. The summed E-state index contributed by atoms with van der Waals surface area (Å²) in [5.41, 5.74) is 1.87. The van der Waals surface area contributed by atoms with Crippen molar-refractivity contribution in [2.45, 2.75) is 6.61 Å². The summed E-state index contributed by atoms with van der Waals surface area (Å²) < 4.78 is 5.53. The largest absolute Gasteiger partial charge is 0.368 e. The topological polar surface area (TPSA) is 87.7 Å². The first kappa shape index (κ1) is 21.0. The van der Waals surface area contributed by atoms with E-state index in [0.29, 0.717) is 23.8 Å². The first-order valence-electron chi connectivity index (χ1n) is 10.0. The molecule has 2 aromatic carbocycles. The first-order chi connectivity index (χ1) is 15.2. The number of para-hydroxylation sites is 2. The van der Waals surface area contributed by atoms with Crippen LogP contribution in [0.5, 0.6) is 0 Å². The van der Waals surface area contributed by atoms with E-state index in [0.717, 1.165) is 24.4 Å². The molecule has 9 heteroatoms. The highest BCUT2D eigenvalue weighted by Crippen LogP contribution is 2.16. The lowest BCUT2D eigenvalue weighted by atomic mass is 10.2. The number of hydrogen-bond donors (Lipinski definition) is 1. The third-order valence-corrected chi connectivity index (χ3v) is 5.79. The number of hydrogen-bond acceptors (Lipinski definition) is 7. The Labute approximate surface area is 184 Å². The van der Waals surface area contributed by atoms with E-state index >= 15 is 0 Å². The molecule has 0 saturated carbocycles. The van der Waals surface area contributed by atoms with Gasteiger partial charge in [-0.2, -0.15) is 0 Å². The zero-order valence-electron chi connectivity index (χ0n) is 16.9. The number of aromatic nitrogens is 2. The Morgan fingerprint density at radius 2 is 1.61 bits per heavy atom. The molecule has 0 atom stereocenters. The summed E-state index contributed by atoms with van der Waals surface area (Å²) in [5.74, 6) is -0.360. The number of benzene rings is 2. The molecule has 1 fully saturated rings. The molecule has 0 radical (unpaired) electrons. The van der Waals surface area contributed by atoms with Crippen LogP contribution >= 0.6 is 11.3 Å². The molecule has 1 aliphatic rings. The number of nitrogens with one attached hydrogen (secondary N) is 1. The molecule has 1 aliphatic heterocycles. The van der Waals surface area contributed by atoms with Crippen molar-refractivity contribution in [3.05, 3.63) is 70.7 Å². The van der Waals surface area contributed by atoms with Gasteiger partial charge in [0.05, 0.1) is 0 Å². The van der Waals surface area contributed by atoms with E-state index in [1.54, 1.807) is 12.1 Å². The van der Waals surface area contributed by atoms with E-state index in [9.17, 15) is 9.59 Å². The predicted molar refractivity (Wildman–Crippen MR) is 119 cm³/mol. The number of piperazine rings is 1. The van der Waals surface area contributed by atoms with Gasteiger partial charge in [0, 0.05) is 37.6 Å². The van der Waals surface area contributed by atoms with Crippen molar-refractivity contribution in [2.24, 2.45) is 0 Å². The minimum absolute atomic E-state index is 0.0174. The molecule has 2 amide bonds. The second-order valence-electron chi connectivity index (χ2n) is 7.02. The molecule has 160 valence electrons. The third-order valence-electron chi connectivity index (χ3n) is 4.90. The van der Waals surface area contributed by atoms with Crippen LogP contribution in [0.1, 0.15) is 14.8 Å². The molecule has 0 bridgehead atoms. The van der Waals surface area contributed by atoms with Gasteiger partial charge in [0.1, 0.15) is 18.2 Å². The molecular weight excluding hydrogens is 414 g/mol. The molecule has 31 heavy (non-hydrogen) atoms. The molecular formula is C22H23N5O3S. The van der Waals surface area contributed by atoms with Crippen molar-refractivity contribution < 1.29 is 14.3 Å². The van der Waals surface area contributed by atoms with Gasteiger partial charge in [0.15, 0.2) is 0 Å². The minimum atomic E-state index is -0.317. The van der Waals surface area contributed by atoms with E-state index in [-0.39, 0.29) is 30.0 Å². The standard InChI is InChI=1S/C22H23N5O3S/c28-20(27-13-11-26(12-14-27)18-9-5-2-6-10-18)16-30-15-19-24-25-22(31-19)21(29)23-17-7-3-1-4-8-17/h1-10H,11-16H2,(H,23,29). The lowest BCUT2D eigenvalue weighted by Gasteiger charge is -2.36. The molecule has 8 nitrogen and oxygen atoms in total. The highest BCUT2D eigenvalue weighted by molar-refractivity contribution is 7.13. The maximum atomic E-state index is 12.4. The fraction of sp³-hybridized carbons (Fsp3) is 0.273. The van der Waals surface area contributed by atoms with Crippen molar-refractivity contribution in [1.82, 2.24) is 15.1 Å². The van der Waals surface area contributed by atoms with E-state index in [1.807, 2.05) is 41.3 Å². The minimum Gasteiger partial charge on any atom is -0.368 e. The van der Waals surface area contributed by atoms with Crippen LogP contribution in [0.2, 0.25) is 0 Å². The smallest absolute Gasteiger partial charge is 0.286 e. The van der Waals surface area contributed by atoms with Crippen molar-refractivity contribution in [1.29, 1.82) is 0 Å². The molecule has 0 unspecified atom stereocenters. The van der Waals surface area contributed by atoms with Gasteiger partial charge in [-0.05, 0) is 24.3 Å². The van der Waals surface area contributed by atoms with Gasteiger partial charge >= 0.3 is 0 Å². The van der Waals surface area contributed by atoms with Crippen LogP contribution in [0.4, 0.5) is 11.4 Å². The summed E-state index contributed by atoms with van der Waals surface area (Å²) in [7, 11) is 0. The second kappa shape index (κ2) is 10.1. The highest BCUT2D eigenvalue weighted by atomic mass is 32.1. The highest BCUT2D eigenvalue weighted by Gasteiger charge is 2.21. The summed E-state index contributed by atoms with van der Waals surface area (Å²) in [6, 6.07) is 19.4. The van der Waals surface area contributed by atoms with Gasteiger partial charge in [0.2, 0.25) is 10.9 Å². The Morgan fingerprint density at radius 1 is 0.935 bits per heavy atom. The molecule has 4 rings (SSSR count). The average Bonchev–Trinajstić information content (AvgIpc) is 3.29. The lowest BCUT2D eigenvalue weighted by Crippen LogP contribution is -2.49. The molecule has 0 spiro atoms. The molecule has 1 saturated heterocycles. The summed E-state index contributed by atoms with van der Waals surface area (Å²) >= 11 is 1.15. The number of carbonyl (C=O) groups is 2. The van der Waals surface area contributed by atoms with E-state index < -0.39 is 0 Å². The normalized spacial score (nSPS) is 13.8. The predicted octanol–water partition coefficient (Wildman–Crippen LogP) is 2.66. The van der Waals surface area contributed by atoms with Crippen LogP contribution < -0.4 is 10.2 Å². The summed E-state index contributed by atoms with van der Waals surface area (Å²) in [6.45, 7) is 3.06. The summed E-state index contributed by atoms with van der Waals surface area (Å²) in [6.07, 6.45) is 0. The van der Waals surface area contributed by atoms with Crippen molar-refractivity contribution in [2.75, 3.05) is 43.0 Å².